The SMILES string of the molecule is O=C1c2cccc(-n3c4ccccc4c4cc(-c5cccnc5)ccc43)c2C(=O)N1c1ccc(-c2ccccc2)cc1-c1ccccc1. The Balaban J connectivity index is 1.22. The lowest BCUT2D eigenvalue weighted by atomic mass is 9.97. The van der Waals surface area contributed by atoms with Crippen LogP contribution in [0.2, 0.25) is 0 Å². The second-order valence-corrected chi connectivity index (χ2v) is 11.9. The molecule has 5 heteroatoms. The number of amides is 2. The Morgan fingerprint density at radius 1 is 0.438 bits per heavy atom. The number of hydrogen-bond donors (Lipinski definition) is 0. The number of carbonyl (C=O) groups excluding carboxylic acids is 2. The van der Waals surface area contributed by atoms with Crippen molar-refractivity contribution in [3.63, 3.8) is 0 Å². The van der Waals surface area contributed by atoms with Crippen LogP contribution in [-0.2, 0) is 0 Å². The Labute approximate surface area is 277 Å². The normalized spacial score (nSPS) is 12.6. The van der Waals surface area contributed by atoms with Crippen LogP contribution < -0.4 is 4.90 Å². The molecule has 0 fully saturated rings. The molecule has 0 spiro atoms. The third-order valence-corrected chi connectivity index (χ3v) is 9.23. The highest BCUT2D eigenvalue weighted by Crippen LogP contribution is 2.42. The fourth-order valence-electron chi connectivity index (χ4n) is 7.01. The molecule has 0 aliphatic carbocycles. The molecular formula is C43H27N3O2. The molecule has 9 rings (SSSR count). The maximum absolute atomic E-state index is 14.7. The average Bonchev–Trinajstić information content (AvgIpc) is 3.62. The highest BCUT2D eigenvalue weighted by Gasteiger charge is 2.40. The first-order chi connectivity index (χ1) is 23.7. The summed E-state index contributed by atoms with van der Waals surface area (Å²) < 4.78 is 2.11. The van der Waals surface area contributed by atoms with Gasteiger partial charge < -0.3 is 4.57 Å². The summed E-state index contributed by atoms with van der Waals surface area (Å²) in [5.41, 5.74) is 9.82. The van der Waals surface area contributed by atoms with E-state index in [2.05, 4.69) is 58.1 Å². The molecule has 1 aliphatic heterocycles. The Hall–Kier alpha value is -6.59. The Kier molecular flexibility index (Phi) is 6.37. The van der Waals surface area contributed by atoms with Crippen LogP contribution in [0.3, 0.4) is 0 Å². The number of carbonyl (C=O) groups is 2. The molecule has 0 radical (unpaired) electrons. The van der Waals surface area contributed by atoms with Gasteiger partial charge in [-0.1, -0.05) is 103 Å². The summed E-state index contributed by atoms with van der Waals surface area (Å²) in [5.74, 6) is -0.672. The molecule has 0 saturated carbocycles. The average molecular weight is 618 g/mol. The third-order valence-electron chi connectivity index (χ3n) is 9.23. The van der Waals surface area contributed by atoms with Crippen LogP contribution in [0.5, 0.6) is 0 Å². The number of nitrogens with zero attached hydrogens (tertiary/aromatic N) is 3. The summed E-state index contributed by atoms with van der Waals surface area (Å²) in [4.78, 5) is 34.6. The summed E-state index contributed by atoms with van der Waals surface area (Å²) >= 11 is 0. The van der Waals surface area contributed by atoms with Gasteiger partial charge in [-0.3, -0.25) is 14.6 Å². The molecule has 3 heterocycles. The maximum Gasteiger partial charge on any atom is 0.268 e. The molecule has 0 unspecified atom stereocenters. The van der Waals surface area contributed by atoms with Crippen molar-refractivity contribution in [2.24, 2.45) is 0 Å². The summed E-state index contributed by atoms with van der Waals surface area (Å²) in [6.45, 7) is 0. The zero-order valence-electron chi connectivity index (χ0n) is 25.7. The smallest absolute Gasteiger partial charge is 0.268 e. The van der Waals surface area contributed by atoms with Crippen molar-refractivity contribution in [1.82, 2.24) is 9.55 Å². The van der Waals surface area contributed by atoms with Crippen LogP contribution >= 0.6 is 0 Å². The molecule has 0 bridgehead atoms. The minimum atomic E-state index is -0.340. The van der Waals surface area contributed by atoms with Gasteiger partial charge in [-0.25, -0.2) is 4.90 Å². The number of anilines is 1. The number of rotatable bonds is 5. The van der Waals surface area contributed by atoms with E-state index in [1.807, 2.05) is 103 Å². The van der Waals surface area contributed by atoms with E-state index in [9.17, 15) is 9.59 Å². The van der Waals surface area contributed by atoms with Crippen LogP contribution in [0, 0.1) is 0 Å². The molecule has 226 valence electrons. The molecule has 6 aromatic carbocycles. The lowest BCUT2D eigenvalue weighted by molar-refractivity contribution is 0.0926. The number of benzene rings is 6. The van der Waals surface area contributed by atoms with Gasteiger partial charge in [0.15, 0.2) is 0 Å². The minimum absolute atomic E-state index is 0.332. The van der Waals surface area contributed by atoms with Crippen molar-refractivity contribution in [1.29, 1.82) is 0 Å². The van der Waals surface area contributed by atoms with Gasteiger partial charge >= 0.3 is 0 Å². The molecule has 1 aliphatic rings. The van der Waals surface area contributed by atoms with E-state index in [1.165, 1.54) is 4.90 Å². The summed E-state index contributed by atoms with van der Waals surface area (Å²) in [6.07, 6.45) is 3.63. The first kappa shape index (κ1) is 27.7. The minimum Gasteiger partial charge on any atom is -0.308 e. The number of fused-ring (bicyclic) bond motifs is 4. The van der Waals surface area contributed by atoms with Crippen molar-refractivity contribution in [2.75, 3.05) is 4.90 Å². The Bertz CT molecular complexity index is 2540. The molecule has 8 aromatic rings. The molecule has 0 atom stereocenters. The molecule has 48 heavy (non-hydrogen) atoms. The third kappa shape index (κ3) is 4.29. The lowest BCUT2D eigenvalue weighted by Crippen LogP contribution is -2.30. The lowest BCUT2D eigenvalue weighted by Gasteiger charge is -2.20. The molecule has 0 N–H and O–H groups in total. The molecule has 5 nitrogen and oxygen atoms in total. The zero-order chi connectivity index (χ0) is 32.2. The molecule has 0 saturated heterocycles. The zero-order valence-corrected chi connectivity index (χ0v) is 25.7. The van der Waals surface area contributed by atoms with Gasteiger partial charge in [-0.15, -0.1) is 0 Å². The number of hydrogen-bond acceptors (Lipinski definition) is 3. The first-order valence-electron chi connectivity index (χ1n) is 15.9. The first-order valence-corrected chi connectivity index (χ1v) is 15.9. The van der Waals surface area contributed by atoms with E-state index < -0.39 is 0 Å². The fourth-order valence-corrected chi connectivity index (χ4v) is 7.01. The standard InChI is InChI=1S/C43H27N3O2/c47-42-34-17-9-19-40(45-37-18-8-7-16-33(37)36-26-31(21-23-39(36)45)32-15-10-24-44-27-32)41(34)43(48)46(42)38-22-20-30(28-11-3-1-4-12-28)25-35(38)29-13-5-2-6-14-29/h1-27H. The molecule has 2 aromatic heterocycles. The Morgan fingerprint density at radius 2 is 1.12 bits per heavy atom. The monoisotopic (exact) mass is 617 g/mol. The summed E-state index contributed by atoms with van der Waals surface area (Å²) in [7, 11) is 0. The highest BCUT2D eigenvalue weighted by molar-refractivity contribution is 6.36. The van der Waals surface area contributed by atoms with Crippen molar-refractivity contribution in [3.05, 3.63) is 175 Å². The van der Waals surface area contributed by atoms with Gasteiger partial charge in [0, 0.05) is 34.3 Å². The second kappa shape index (κ2) is 11.0. The largest absolute Gasteiger partial charge is 0.308 e. The van der Waals surface area contributed by atoms with Crippen LogP contribution in [0.1, 0.15) is 20.7 Å². The topological polar surface area (TPSA) is 55.2 Å². The predicted molar refractivity (Wildman–Crippen MR) is 192 cm³/mol. The van der Waals surface area contributed by atoms with Crippen LogP contribution in [0.15, 0.2) is 164 Å². The fraction of sp³-hybridized carbons (Fsp3) is 0. The van der Waals surface area contributed by atoms with Crippen molar-refractivity contribution < 1.29 is 9.59 Å². The summed E-state index contributed by atoms with van der Waals surface area (Å²) in [6, 6.07) is 50.1. The number of aromatic nitrogens is 2. The van der Waals surface area contributed by atoms with E-state index >= 15 is 0 Å². The quantitative estimate of drug-likeness (QED) is 0.181. The van der Waals surface area contributed by atoms with Gasteiger partial charge in [0.05, 0.1) is 33.5 Å². The van der Waals surface area contributed by atoms with Crippen LogP contribution in [-0.4, -0.2) is 21.4 Å². The number of imide groups is 1. The van der Waals surface area contributed by atoms with Gasteiger partial charge in [0.2, 0.25) is 0 Å². The second-order valence-electron chi connectivity index (χ2n) is 11.9. The van der Waals surface area contributed by atoms with Crippen molar-refractivity contribution in [3.8, 4) is 39.1 Å². The molecule has 2 amide bonds. The number of pyridine rings is 1. The van der Waals surface area contributed by atoms with Gasteiger partial charge in [0.1, 0.15) is 0 Å². The van der Waals surface area contributed by atoms with E-state index in [-0.39, 0.29) is 11.8 Å². The highest BCUT2D eigenvalue weighted by atomic mass is 16.2. The van der Waals surface area contributed by atoms with Crippen molar-refractivity contribution in [2.45, 2.75) is 0 Å². The van der Waals surface area contributed by atoms with E-state index in [0.717, 1.165) is 55.2 Å². The van der Waals surface area contributed by atoms with E-state index in [1.54, 1.807) is 12.3 Å². The van der Waals surface area contributed by atoms with Gasteiger partial charge in [0.25, 0.3) is 11.8 Å². The Morgan fingerprint density at radius 3 is 1.92 bits per heavy atom. The van der Waals surface area contributed by atoms with Crippen molar-refractivity contribution >= 4 is 39.3 Å². The van der Waals surface area contributed by atoms with Crippen LogP contribution in [0.25, 0.3) is 60.9 Å². The van der Waals surface area contributed by atoms with Gasteiger partial charge in [-0.2, -0.15) is 0 Å². The number of para-hydroxylation sites is 1. The van der Waals surface area contributed by atoms with E-state index in [0.29, 0.717) is 22.5 Å². The maximum atomic E-state index is 14.7. The van der Waals surface area contributed by atoms with Crippen LogP contribution in [0.4, 0.5) is 5.69 Å². The van der Waals surface area contributed by atoms with Gasteiger partial charge in [-0.05, 0) is 70.8 Å². The van der Waals surface area contributed by atoms with E-state index in [4.69, 9.17) is 0 Å². The predicted octanol–water partition coefficient (Wildman–Crippen LogP) is 9.98. The summed E-state index contributed by atoms with van der Waals surface area (Å²) in [5, 5.41) is 2.12. The molecular weight excluding hydrogens is 590 g/mol.